The third-order valence-corrected chi connectivity index (χ3v) is 8.05. The summed E-state index contributed by atoms with van der Waals surface area (Å²) >= 11 is 1.77. The molecule has 1 nitrogen and oxygen atoms in total. The SMILES string of the molecule is C=C(CC(C)CC(=C)c1cccc2c1CSC(NC(=C)CC(C)(F)F)C2)CC1CCCCC1. The highest BCUT2D eigenvalue weighted by atomic mass is 32.2. The van der Waals surface area contributed by atoms with E-state index in [1.54, 1.807) is 11.8 Å². The van der Waals surface area contributed by atoms with Crippen molar-refractivity contribution in [3.8, 4) is 0 Å². The van der Waals surface area contributed by atoms with Crippen molar-refractivity contribution >= 4 is 17.3 Å². The van der Waals surface area contributed by atoms with Gasteiger partial charge in [-0.15, -0.1) is 11.8 Å². The first kappa shape index (κ1) is 26.1. The van der Waals surface area contributed by atoms with E-state index in [2.05, 4.69) is 50.2 Å². The maximum absolute atomic E-state index is 13.3. The van der Waals surface area contributed by atoms with Gasteiger partial charge in [0.1, 0.15) is 0 Å². The second-order valence-electron chi connectivity index (χ2n) is 10.5. The predicted molar refractivity (Wildman–Crippen MR) is 141 cm³/mol. The third kappa shape index (κ3) is 8.31. The molecule has 33 heavy (non-hydrogen) atoms. The Labute approximate surface area is 204 Å². The molecule has 2 atom stereocenters. The quantitative estimate of drug-likeness (QED) is 0.322. The zero-order valence-corrected chi connectivity index (χ0v) is 21.3. The highest BCUT2D eigenvalue weighted by Crippen LogP contribution is 2.37. The third-order valence-electron chi connectivity index (χ3n) is 6.91. The Morgan fingerprint density at radius 2 is 1.88 bits per heavy atom. The first-order valence-corrected chi connectivity index (χ1v) is 13.5. The highest BCUT2D eigenvalue weighted by molar-refractivity contribution is 7.99. The molecule has 1 N–H and O–H groups in total. The summed E-state index contributed by atoms with van der Waals surface area (Å²) in [6.45, 7) is 15.9. The second-order valence-corrected chi connectivity index (χ2v) is 11.7. The Hall–Kier alpha value is -1.55. The van der Waals surface area contributed by atoms with Crippen molar-refractivity contribution < 1.29 is 8.78 Å². The molecule has 2 aliphatic rings. The Balaban J connectivity index is 1.53. The largest absolute Gasteiger partial charge is 0.377 e. The average Bonchev–Trinajstić information content (AvgIpc) is 2.72. The summed E-state index contributed by atoms with van der Waals surface area (Å²) in [6.07, 6.45) is 10.7. The minimum Gasteiger partial charge on any atom is -0.377 e. The summed E-state index contributed by atoms with van der Waals surface area (Å²) in [6, 6.07) is 6.46. The Bertz CT molecular complexity index is 848. The van der Waals surface area contributed by atoms with Crippen LogP contribution in [0, 0.1) is 11.8 Å². The van der Waals surface area contributed by atoms with Crippen LogP contribution in [0.5, 0.6) is 0 Å². The van der Waals surface area contributed by atoms with Crippen molar-refractivity contribution in [3.05, 3.63) is 65.9 Å². The van der Waals surface area contributed by atoms with Gasteiger partial charge in [-0.25, -0.2) is 8.78 Å². The fraction of sp³-hybridized carbons (Fsp3) is 0.586. The van der Waals surface area contributed by atoms with Crippen LogP contribution >= 0.6 is 11.8 Å². The maximum atomic E-state index is 13.3. The molecule has 1 aliphatic carbocycles. The summed E-state index contributed by atoms with van der Waals surface area (Å²) in [5, 5.41) is 3.29. The minimum atomic E-state index is -2.73. The fourth-order valence-electron chi connectivity index (χ4n) is 5.49. The van der Waals surface area contributed by atoms with Crippen LogP contribution < -0.4 is 5.32 Å². The number of nitrogens with one attached hydrogen (secondary N) is 1. The van der Waals surface area contributed by atoms with E-state index >= 15 is 0 Å². The van der Waals surface area contributed by atoms with Gasteiger partial charge in [0, 0.05) is 17.9 Å². The molecule has 0 saturated heterocycles. The number of benzene rings is 1. The molecular formula is C29H41F2NS. The van der Waals surface area contributed by atoms with Crippen LogP contribution in [-0.4, -0.2) is 11.3 Å². The lowest BCUT2D eigenvalue weighted by Crippen LogP contribution is -2.32. The van der Waals surface area contributed by atoms with Gasteiger partial charge in [-0.05, 0) is 60.3 Å². The van der Waals surface area contributed by atoms with Gasteiger partial charge in [-0.3, -0.25) is 0 Å². The van der Waals surface area contributed by atoms with E-state index in [4.69, 9.17) is 0 Å². The first-order chi connectivity index (χ1) is 15.6. The van der Waals surface area contributed by atoms with Gasteiger partial charge < -0.3 is 5.32 Å². The molecule has 0 amide bonds. The number of hydrogen-bond acceptors (Lipinski definition) is 2. The molecule has 4 heteroatoms. The molecule has 1 aliphatic heterocycles. The molecule has 1 fully saturated rings. The lowest BCUT2D eigenvalue weighted by atomic mass is 9.82. The zero-order valence-electron chi connectivity index (χ0n) is 20.5. The van der Waals surface area contributed by atoms with E-state index in [1.165, 1.54) is 66.4 Å². The summed E-state index contributed by atoms with van der Waals surface area (Å²) < 4.78 is 26.6. The number of rotatable bonds is 11. The number of fused-ring (bicyclic) bond motifs is 1. The Morgan fingerprint density at radius 3 is 2.58 bits per heavy atom. The van der Waals surface area contributed by atoms with Crippen LogP contribution in [0.25, 0.3) is 5.57 Å². The smallest absolute Gasteiger partial charge is 0.250 e. The van der Waals surface area contributed by atoms with Gasteiger partial charge in [-0.2, -0.15) is 0 Å². The minimum absolute atomic E-state index is 0.0814. The topological polar surface area (TPSA) is 12.0 Å². The van der Waals surface area contributed by atoms with Crippen LogP contribution in [0.1, 0.15) is 88.3 Å². The van der Waals surface area contributed by atoms with Crippen molar-refractivity contribution in [2.75, 3.05) is 0 Å². The van der Waals surface area contributed by atoms with Crippen molar-refractivity contribution in [2.45, 2.75) is 95.1 Å². The summed E-state index contributed by atoms with van der Waals surface area (Å²) in [7, 11) is 0. The van der Waals surface area contributed by atoms with Crippen LogP contribution in [0.4, 0.5) is 8.78 Å². The maximum Gasteiger partial charge on any atom is 0.250 e. The molecule has 1 aromatic rings. The molecule has 1 saturated carbocycles. The Morgan fingerprint density at radius 1 is 1.15 bits per heavy atom. The number of alkyl halides is 2. The normalized spacial score (nSPS) is 20.1. The zero-order chi connectivity index (χ0) is 24.0. The lowest BCUT2D eigenvalue weighted by Gasteiger charge is -2.29. The standard InChI is InChI=1S/C29H41F2NS/c1-20(14-21(2)16-24-10-7-6-8-11-24)15-22(3)26-13-9-12-25-17-28(33-19-27(25)26)32-23(4)18-29(5,30)31/h9,12-13,20,24,28,32H,2-4,6-8,10-11,14-19H2,1,5H3. The molecule has 0 radical (unpaired) electrons. The number of thioether (sulfide) groups is 1. The van der Waals surface area contributed by atoms with Crippen molar-refractivity contribution in [2.24, 2.45) is 11.8 Å². The number of halogens is 2. The van der Waals surface area contributed by atoms with Crippen molar-refractivity contribution in [3.63, 3.8) is 0 Å². The van der Waals surface area contributed by atoms with Crippen LogP contribution in [-0.2, 0) is 12.2 Å². The summed E-state index contributed by atoms with van der Waals surface area (Å²) in [5.74, 6) is -0.485. The fourth-order valence-corrected chi connectivity index (χ4v) is 6.75. The van der Waals surface area contributed by atoms with Crippen molar-refractivity contribution in [1.29, 1.82) is 0 Å². The molecule has 1 heterocycles. The summed E-state index contributed by atoms with van der Waals surface area (Å²) in [5.41, 5.74) is 6.92. The molecule has 182 valence electrons. The van der Waals surface area contributed by atoms with Gasteiger partial charge >= 0.3 is 0 Å². The molecule has 2 unspecified atom stereocenters. The van der Waals surface area contributed by atoms with Crippen LogP contribution in [0.3, 0.4) is 0 Å². The number of hydrogen-bond donors (Lipinski definition) is 1. The van der Waals surface area contributed by atoms with E-state index < -0.39 is 5.92 Å². The van der Waals surface area contributed by atoms with E-state index in [-0.39, 0.29) is 11.8 Å². The number of allylic oxidation sites excluding steroid dienone is 3. The second kappa shape index (κ2) is 11.7. The predicted octanol–water partition coefficient (Wildman–Crippen LogP) is 8.91. The highest BCUT2D eigenvalue weighted by Gasteiger charge is 2.26. The first-order valence-electron chi connectivity index (χ1n) is 12.5. The van der Waals surface area contributed by atoms with Gasteiger partial charge in [0.2, 0.25) is 0 Å². The van der Waals surface area contributed by atoms with Gasteiger partial charge in [-0.1, -0.05) is 82.5 Å². The van der Waals surface area contributed by atoms with E-state index in [1.807, 2.05) is 0 Å². The average molecular weight is 474 g/mol. The molecule has 1 aromatic carbocycles. The van der Waals surface area contributed by atoms with Gasteiger partial charge in [0.15, 0.2) is 0 Å². The van der Waals surface area contributed by atoms with E-state index in [0.29, 0.717) is 11.6 Å². The van der Waals surface area contributed by atoms with E-state index in [9.17, 15) is 8.78 Å². The van der Waals surface area contributed by atoms with Crippen LogP contribution in [0.2, 0.25) is 0 Å². The lowest BCUT2D eigenvalue weighted by molar-refractivity contribution is 0.0211. The van der Waals surface area contributed by atoms with Crippen LogP contribution in [0.15, 0.2) is 49.2 Å². The molecular weight excluding hydrogens is 432 g/mol. The molecule has 0 spiro atoms. The summed E-state index contributed by atoms with van der Waals surface area (Å²) in [4.78, 5) is 0. The van der Waals surface area contributed by atoms with Gasteiger partial charge in [0.05, 0.1) is 11.8 Å². The van der Waals surface area contributed by atoms with E-state index in [0.717, 1.165) is 37.9 Å². The Kier molecular flexibility index (Phi) is 9.26. The van der Waals surface area contributed by atoms with Crippen molar-refractivity contribution in [1.82, 2.24) is 5.32 Å². The molecule has 0 bridgehead atoms. The van der Waals surface area contributed by atoms with Gasteiger partial charge in [0.25, 0.3) is 5.92 Å². The monoisotopic (exact) mass is 473 g/mol. The molecule has 0 aromatic heterocycles. The molecule has 3 rings (SSSR count).